The Morgan fingerprint density at radius 1 is 1.31 bits per heavy atom. The maximum atomic E-state index is 7.00. The van der Waals surface area contributed by atoms with Gasteiger partial charge in [0.05, 0.1) is 0 Å². The zero-order chi connectivity index (χ0) is 10.5. The number of hydrogen-bond donors (Lipinski definition) is 1. The van der Waals surface area contributed by atoms with Crippen molar-refractivity contribution in [1.82, 2.24) is 0 Å². The Hall–Kier alpha value is -0.560. The average molecular weight is 184 g/mol. The van der Waals surface area contributed by atoms with Gasteiger partial charge in [0.25, 0.3) is 0 Å². The fraction of sp³-hybridized carbons (Fsp3) is 0.667. The van der Waals surface area contributed by atoms with E-state index >= 15 is 0 Å². The Morgan fingerprint density at radius 2 is 1.92 bits per heavy atom. The second-order valence-corrected chi connectivity index (χ2v) is 2.91. The summed E-state index contributed by atoms with van der Waals surface area (Å²) in [6, 6.07) is 0. The standard InChI is InChI=1S/C11H20.CH4O/c1-4-7-8-10-11(6-3)9-5-2;1-2/h5,8,10-11H,2,4,6-7,9H2,1,3H3;2H,1H3/b10-8+;. The van der Waals surface area contributed by atoms with E-state index in [2.05, 4.69) is 32.6 Å². The van der Waals surface area contributed by atoms with Gasteiger partial charge in [-0.05, 0) is 25.2 Å². The minimum atomic E-state index is 0.721. The molecule has 0 aromatic carbocycles. The third-order valence-electron chi connectivity index (χ3n) is 1.86. The van der Waals surface area contributed by atoms with Gasteiger partial charge >= 0.3 is 0 Å². The molecule has 13 heavy (non-hydrogen) atoms. The van der Waals surface area contributed by atoms with Gasteiger partial charge in [0.15, 0.2) is 0 Å². The second kappa shape index (κ2) is 14.0. The van der Waals surface area contributed by atoms with Crippen LogP contribution in [-0.2, 0) is 0 Å². The lowest BCUT2D eigenvalue weighted by Gasteiger charge is -2.04. The van der Waals surface area contributed by atoms with Crippen LogP contribution in [0.25, 0.3) is 0 Å². The van der Waals surface area contributed by atoms with Gasteiger partial charge in [-0.2, -0.15) is 0 Å². The van der Waals surface area contributed by atoms with Crippen molar-refractivity contribution >= 4 is 0 Å². The molecule has 0 rings (SSSR count). The van der Waals surface area contributed by atoms with Crippen molar-refractivity contribution in [2.45, 2.75) is 39.5 Å². The highest BCUT2D eigenvalue weighted by atomic mass is 16.2. The molecule has 0 aromatic rings. The van der Waals surface area contributed by atoms with Gasteiger partial charge in [0.2, 0.25) is 0 Å². The van der Waals surface area contributed by atoms with E-state index in [4.69, 9.17) is 5.11 Å². The summed E-state index contributed by atoms with van der Waals surface area (Å²) in [6.45, 7) is 8.18. The first-order chi connectivity index (χ1) is 6.35. The fourth-order valence-corrected chi connectivity index (χ4v) is 1.05. The minimum absolute atomic E-state index is 0.721. The molecule has 0 aliphatic heterocycles. The van der Waals surface area contributed by atoms with E-state index < -0.39 is 0 Å². The van der Waals surface area contributed by atoms with E-state index in [1.54, 1.807) is 0 Å². The summed E-state index contributed by atoms with van der Waals surface area (Å²) in [5, 5.41) is 7.00. The van der Waals surface area contributed by atoms with Crippen LogP contribution in [0.4, 0.5) is 0 Å². The summed E-state index contributed by atoms with van der Waals surface area (Å²) in [5.74, 6) is 0.721. The van der Waals surface area contributed by atoms with E-state index in [1.807, 2.05) is 6.08 Å². The molecule has 0 amide bonds. The highest BCUT2D eigenvalue weighted by molar-refractivity contribution is 4.90. The van der Waals surface area contributed by atoms with Gasteiger partial charge in [-0.15, -0.1) is 6.58 Å². The van der Waals surface area contributed by atoms with Gasteiger partial charge in [0, 0.05) is 7.11 Å². The van der Waals surface area contributed by atoms with Crippen molar-refractivity contribution in [3.63, 3.8) is 0 Å². The number of aliphatic hydroxyl groups excluding tert-OH is 1. The molecule has 0 fully saturated rings. The lowest BCUT2D eigenvalue weighted by atomic mass is 10.0. The van der Waals surface area contributed by atoms with Gasteiger partial charge in [-0.1, -0.05) is 38.5 Å². The Morgan fingerprint density at radius 3 is 2.31 bits per heavy atom. The van der Waals surface area contributed by atoms with Crippen LogP contribution in [0.15, 0.2) is 24.8 Å². The van der Waals surface area contributed by atoms with Crippen molar-refractivity contribution in [2.24, 2.45) is 5.92 Å². The van der Waals surface area contributed by atoms with Crippen molar-refractivity contribution in [3.05, 3.63) is 24.8 Å². The summed E-state index contributed by atoms with van der Waals surface area (Å²) in [5.41, 5.74) is 0. The third kappa shape index (κ3) is 11.4. The third-order valence-corrected chi connectivity index (χ3v) is 1.86. The largest absolute Gasteiger partial charge is 0.400 e. The Balaban J connectivity index is 0. The van der Waals surface area contributed by atoms with Crippen molar-refractivity contribution in [2.75, 3.05) is 7.11 Å². The molecule has 1 heteroatoms. The number of rotatable bonds is 6. The fourth-order valence-electron chi connectivity index (χ4n) is 1.05. The summed E-state index contributed by atoms with van der Waals surface area (Å²) in [7, 11) is 1.00. The van der Waals surface area contributed by atoms with E-state index in [0.717, 1.165) is 19.4 Å². The lowest BCUT2D eigenvalue weighted by Crippen LogP contribution is -1.90. The highest BCUT2D eigenvalue weighted by Crippen LogP contribution is 2.10. The average Bonchev–Trinajstić information content (AvgIpc) is 2.20. The number of aliphatic hydroxyl groups is 1. The van der Waals surface area contributed by atoms with Crippen molar-refractivity contribution in [3.8, 4) is 0 Å². The summed E-state index contributed by atoms with van der Waals surface area (Å²) >= 11 is 0. The number of unbranched alkanes of at least 4 members (excludes halogenated alkanes) is 1. The topological polar surface area (TPSA) is 20.2 Å². The van der Waals surface area contributed by atoms with Crippen LogP contribution in [0.3, 0.4) is 0 Å². The molecule has 0 saturated carbocycles. The maximum Gasteiger partial charge on any atom is 0.0319 e. The first kappa shape index (κ1) is 14.9. The normalized spacial score (nSPS) is 12.0. The molecule has 0 radical (unpaired) electrons. The van der Waals surface area contributed by atoms with Crippen LogP contribution in [0.1, 0.15) is 39.5 Å². The van der Waals surface area contributed by atoms with Gasteiger partial charge in [0.1, 0.15) is 0 Å². The molecule has 0 aromatic heterocycles. The molecule has 0 saturated heterocycles. The summed E-state index contributed by atoms with van der Waals surface area (Å²) in [4.78, 5) is 0. The van der Waals surface area contributed by atoms with Crippen LogP contribution in [0, 0.1) is 5.92 Å². The first-order valence-electron chi connectivity index (χ1n) is 5.07. The van der Waals surface area contributed by atoms with E-state index in [9.17, 15) is 0 Å². The molecule has 0 heterocycles. The SMILES string of the molecule is C=CCC(/C=C/CCC)CC.CO. The zero-order valence-electron chi connectivity index (χ0n) is 9.29. The quantitative estimate of drug-likeness (QED) is 0.626. The molecule has 0 aliphatic carbocycles. The Kier molecular flexibility index (Phi) is 16.1. The van der Waals surface area contributed by atoms with Crippen LogP contribution in [0.2, 0.25) is 0 Å². The molecule has 0 aliphatic rings. The summed E-state index contributed by atoms with van der Waals surface area (Å²) < 4.78 is 0. The molecule has 0 bridgehead atoms. The van der Waals surface area contributed by atoms with Crippen molar-refractivity contribution < 1.29 is 5.11 Å². The van der Waals surface area contributed by atoms with Gasteiger partial charge in [-0.25, -0.2) is 0 Å². The number of hydrogen-bond acceptors (Lipinski definition) is 1. The smallest absolute Gasteiger partial charge is 0.0319 e. The molecule has 78 valence electrons. The molecular weight excluding hydrogens is 160 g/mol. The van der Waals surface area contributed by atoms with Crippen molar-refractivity contribution in [1.29, 1.82) is 0 Å². The van der Waals surface area contributed by atoms with E-state index in [1.165, 1.54) is 19.3 Å². The monoisotopic (exact) mass is 184 g/mol. The predicted molar refractivity (Wildman–Crippen MR) is 60.8 cm³/mol. The number of allylic oxidation sites excluding steroid dienone is 3. The second-order valence-electron chi connectivity index (χ2n) is 2.91. The zero-order valence-corrected chi connectivity index (χ0v) is 9.29. The van der Waals surface area contributed by atoms with Crippen LogP contribution < -0.4 is 0 Å². The molecule has 1 nitrogen and oxygen atoms in total. The maximum absolute atomic E-state index is 7.00. The molecule has 1 atom stereocenters. The Labute approximate surface area is 83.2 Å². The highest BCUT2D eigenvalue weighted by Gasteiger charge is 1.96. The molecule has 1 unspecified atom stereocenters. The lowest BCUT2D eigenvalue weighted by molar-refractivity contribution is 0.399. The molecular formula is C12H24O. The van der Waals surface area contributed by atoms with E-state index in [-0.39, 0.29) is 0 Å². The van der Waals surface area contributed by atoms with Crippen LogP contribution in [-0.4, -0.2) is 12.2 Å². The van der Waals surface area contributed by atoms with Gasteiger partial charge in [-0.3, -0.25) is 0 Å². The predicted octanol–water partition coefficient (Wildman–Crippen LogP) is 3.55. The minimum Gasteiger partial charge on any atom is -0.400 e. The van der Waals surface area contributed by atoms with Crippen LogP contribution in [0.5, 0.6) is 0 Å². The van der Waals surface area contributed by atoms with Gasteiger partial charge < -0.3 is 5.11 Å². The Bertz CT molecular complexity index is 116. The molecule has 0 spiro atoms. The molecule has 1 N–H and O–H groups in total. The van der Waals surface area contributed by atoms with E-state index in [0.29, 0.717) is 0 Å². The first-order valence-corrected chi connectivity index (χ1v) is 5.07. The summed E-state index contributed by atoms with van der Waals surface area (Å²) in [6.07, 6.45) is 11.4. The van der Waals surface area contributed by atoms with Crippen LogP contribution >= 0.6 is 0 Å².